The van der Waals surface area contributed by atoms with Gasteiger partial charge in [0.2, 0.25) is 0 Å². The van der Waals surface area contributed by atoms with E-state index in [9.17, 15) is 8.42 Å². The summed E-state index contributed by atoms with van der Waals surface area (Å²) in [7, 11) is -3.67. The minimum Gasteiger partial charge on any atom is -0.276 e. The van der Waals surface area contributed by atoms with E-state index in [0.717, 1.165) is 11.1 Å². The first-order chi connectivity index (χ1) is 11.5. The third-order valence-electron chi connectivity index (χ3n) is 3.56. The van der Waals surface area contributed by atoms with Gasteiger partial charge in [0, 0.05) is 5.56 Å². The maximum Gasteiger partial charge on any atom is 0.262 e. The van der Waals surface area contributed by atoms with Gasteiger partial charge in [0.15, 0.2) is 5.82 Å². The molecule has 0 saturated heterocycles. The smallest absolute Gasteiger partial charge is 0.262 e. The zero-order valence-electron chi connectivity index (χ0n) is 13.4. The first-order valence-corrected chi connectivity index (χ1v) is 8.91. The van der Waals surface area contributed by atoms with Gasteiger partial charge in [0.05, 0.1) is 23.0 Å². The summed E-state index contributed by atoms with van der Waals surface area (Å²) in [6.45, 7) is 3.70. The summed E-state index contributed by atoms with van der Waals surface area (Å²) in [6, 6.07) is 14.7. The standard InChI is InChI=1S/C18H17N3O2S/c1-13-8-9-17(14(2)10-13)24(22,23)21-16-11-19-18(20-12-16)15-6-4-3-5-7-15/h3-12,21H,1-2H3. The molecule has 0 aliphatic rings. The van der Waals surface area contributed by atoms with Crippen molar-refractivity contribution in [1.29, 1.82) is 0 Å². The number of hydrogen-bond acceptors (Lipinski definition) is 4. The van der Waals surface area contributed by atoms with Crippen LogP contribution in [0.3, 0.4) is 0 Å². The normalized spacial score (nSPS) is 11.2. The molecule has 0 spiro atoms. The summed E-state index contributed by atoms with van der Waals surface area (Å²) < 4.78 is 27.6. The van der Waals surface area contributed by atoms with E-state index in [0.29, 0.717) is 17.1 Å². The molecule has 0 fully saturated rings. The first-order valence-electron chi connectivity index (χ1n) is 7.43. The van der Waals surface area contributed by atoms with Crippen LogP contribution in [0.1, 0.15) is 11.1 Å². The summed E-state index contributed by atoms with van der Waals surface area (Å²) in [5, 5.41) is 0. The van der Waals surface area contributed by atoms with Gasteiger partial charge in [-0.15, -0.1) is 0 Å². The Bertz CT molecular complexity index is 953. The van der Waals surface area contributed by atoms with Gasteiger partial charge in [-0.25, -0.2) is 18.4 Å². The van der Waals surface area contributed by atoms with Crippen LogP contribution >= 0.6 is 0 Å². The van der Waals surface area contributed by atoms with Gasteiger partial charge in [-0.2, -0.15) is 0 Å². The first kappa shape index (κ1) is 16.1. The molecule has 1 heterocycles. The van der Waals surface area contributed by atoms with E-state index in [2.05, 4.69) is 14.7 Å². The van der Waals surface area contributed by atoms with E-state index in [1.807, 2.05) is 43.3 Å². The second-order valence-electron chi connectivity index (χ2n) is 5.54. The lowest BCUT2D eigenvalue weighted by atomic mass is 10.2. The van der Waals surface area contributed by atoms with E-state index in [1.165, 1.54) is 12.4 Å². The third kappa shape index (κ3) is 3.44. The van der Waals surface area contributed by atoms with Crippen LogP contribution in [-0.4, -0.2) is 18.4 Å². The molecule has 0 amide bonds. The molecule has 0 aliphatic carbocycles. The molecule has 1 N–H and O–H groups in total. The van der Waals surface area contributed by atoms with Crippen molar-refractivity contribution in [2.45, 2.75) is 18.7 Å². The Hall–Kier alpha value is -2.73. The number of nitrogens with zero attached hydrogens (tertiary/aromatic N) is 2. The molecule has 0 aliphatic heterocycles. The van der Waals surface area contributed by atoms with Crippen LogP contribution in [0.4, 0.5) is 5.69 Å². The molecular weight excluding hydrogens is 322 g/mol. The average Bonchev–Trinajstić information content (AvgIpc) is 2.55. The largest absolute Gasteiger partial charge is 0.276 e. The molecule has 1 aromatic heterocycles. The van der Waals surface area contributed by atoms with E-state index in [1.54, 1.807) is 19.1 Å². The van der Waals surface area contributed by atoms with E-state index >= 15 is 0 Å². The highest BCUT2D eigenvalue weighted by molar-refractivity contribution is 7.92. The molecule has 5 nitrogen and oxygen atoms in total. The van der Waals surface area contributed by atoms with Gasteiger partial charge >= 0.3 is 0 Å². The van der Waals surface area contributed by atoms with Gasteiger partial charge < -0.3 is 0 Å². The summed E-state index contributed by atoms with van der Waals surface area (Å²) >= 11 is 0. The Labute approximate surface area is 141 Å². The monoisotopic (exact) mass is 339 g/mol. The molecule has 0 atom stereocenters. The highest BCUT2D eigenvalue weighted by Crippen LogP contribution is 2.21. The number of aryl methyl sites for hydroxylation is 2. The summed E-state index contributed by atoms with van der Waals surface area (Å²) in [4.78, 5) is 8.70. The second kappa shape index (κ2) is 6.41. The number of rotatable bonds is 4. The van der Waals surface area contributed by atoms with Crippen molar-refractivity contribution in [3.8, 4) is 11.4 Å². The summed E-state index contributed by atoms with van der Waals surface area (Å²) in [5.41, 5.74) is 2.92. The van der Waals surface area contributed by atoms with Gasteiger partial charge in [-0.05, 0) is 25.5 Å². The number of anilines is 1. The lowest BCUT2D eigenvalue weighted by Gasteiger charge is -2.10. The maximum atomic E-state index is 12.5. The van der Waals surface area contributed by atoms with Crippen molar-refractivity contribution in [3.05, 3.63) is 72.1 Å². The molecule has 0 bridgehead atoms. The summed E-state index contributed by atoms with van der Waals surface area (Å²) in [6.07, 6.45) is 2.94. The van der Waals surface area contributed by atoms with Crippen molar-refractivity contribution in [2.75, 3.05) is 4.72 Å². The Balaban J connectivity index is 1.85. The maximum absolute atomic E-state index is 12.5. The molecule has 24 heavy (non-hydrogen) atoms. The average molecular weight is 339 g/mol. The fourth-order valence-electron chi connectivity index (χ4n) is 2.43. The van der Waals surface area contributed by atoms with Crippen LogP contribution in [-0.2, 0) is 10.0 Å². The predicted molar refractivity (Wildman–Crippen MR) is 94.2 cm³/mol. The molecular formula is C18H17N3O2S. The van der Waals surface area contributed by atoms with E-state index in [4.69, 9.17) is 0 Å². The number of sulfonamides is 1. The van der Waals surface area contributed by atoms with Crippen molar-refractivity contribution in [3.63, 3.8) is 0 Å². The number of benzene rings is 2. The molecule has 3 rings (SSSR count). The third-order valence-corrected chi connectivity index (χ3v) is 5.10. The van der Waals surface area contributed by atoms with E-state index in [-0.39, 0.29) is 4.90 Å². The highest BCUT2D eigenvalue weighted by atomic mass is 32.2. The van der Waals surface area contributed by atoms with Gasteiger partial charge in [0.1, 0.15) is 0 Å². The van der Waals surface area contributed by atoms with Crippen molar-refractivity contribution in [2.24, 2.45) is 0 Å². The number of aromatic nitrogens is 2. The van der Waals surface area contributed by atoms with Crippen LogP contribution in [0.15, 0.2) is 65.8 Å². The minimum atomic E-state index is -3.67. The molecule has 6 heteroatoms. The Morgan fingerprint density at radius 1 is 0.917 bits per heavy atom. The van der Waals surface area contributed by atoms with Crippen LogP contribution in [0.25, 0.3) is 11.4 Å². The van der Waals surface area contributed by atoms with Gasteiger partial charge in [0.25, 0.3) is 10.0 Å². The van der Waals surface area contributed by atoms with Crippen LogP contribution < -0.4 is 4.72 Å². The lowest BCUT2D eigenvalue weighted by molar-refractivity contribution is 0.600. The zero-order valence-corrected chi connectivity index (χ0v) is 14.2. The zero-order chi connectivity index (χ0) is 17.2. The minimum absolute atomic E-state index is 0.250. The van der Waals surface area contributed by atoms with E-state index < -0.39 is 10.0 Å². The van der Waals surface area contributed by atoms with Crippen LogP contribution in [0.2, 0.25) is 0 Å². The molecule has 0 radical (unpaired) electrons. The van der Waals surface area contributed by atoms with Crippen molar-refractivity contribution < 1.29 is 8.42 Å². The van der Waals surface area contributed by atoms with Gasteiger partial charge in [-0.1, -0.05) is 48.0 Å². The quantitative estimate of drug-likeness (QED) is 0.789. The predicted octanol–water partition coefficient (Wildman–Crippen LogP) is 3.56. The number of nitrogens with one attached hydrogen (secondary N) is 1. The lowest BCUT2D eigenvalue weighted by Crippen LogP contribution is -2.14. The molecule has 3 aromatic rings. The molecule has 122 valence electrons. The van der Waals surface area contributed by atoms with Crippen molar-refractivity contribution in [1.82, 2.24) is 9.97 Å². The molecule has 2 aromatic carbocycles. The second-order valence-corrected chi connectivity index (χ2v) is 7.19. The molecule has 0 unspecified atom stereocenters. The SMILES string of the molecule is Cc1ccc(S(=O)(=O)Nc2cnc(-c3ccccc3)nc2)c(C)c1. The Morgan fingerprint density at radius 3 is 2.21 bits per heavy atom. The van der Waals surface area contributed by atoms with Crippen LogP contribution in [0.5, 0.6) is 0 Å². The fraction of sp³-hybridized carbons (Fsp3) is 0.111. The Morgan fingerprint density at radius 2 is 1.58 bits per heavy atom. The summed E-state index contributed by atoms with van der Waals surface area (Å²) in [5.74, 6) is 0.546. The topological polar surface area (TPSA) is 72.0 Å². The van der Waals surface area contributed by atoms with Crippen LogP contribution in [0, 0.1) is 13.8 Å². The van der Waals surface area contributed by atoms with Crippen molar-refractivity contribution >= 4 is 15.7 Å². The fourth-order valence-corrected chi connectivity index (χ4v) is 3.68. The number of hydrogen-bond donors (Lipinski definition) is 1. The highest BCUT2D eigenvalue weighted by Gasteiger charge is 2.17. The Kier molecular flexibility index (Phi) is 4.31. The van der Waals surface area contributed by atoms with Gasteiger partial charge in [-0.3, -0.25) is 4.72 Å². The molecule has 0 saturated carbocycles.